The van der Waals surface area contributed by atoms with E-state index in [4.69, 9.17) is 17.3 Å². The number of pyridine rings is 1. The van der Waals surface area contributed by atoms with Crippen LogP contribution in [-0.2, 0) is 6.54 Å². The molecule has 2 aliphatic rings. The van der Waals surface area contributed by atoms with E-state index in [1.165, 1.54) is 38.1 Å². The van der Waals surface area contributed by atoms with Crippen LogP contribution in [-0.4, -0.2) is 71.5 Å². The van der Waals surface area contributed by atoms with Gasteiger partial charge < -0.3 is 15.5 Å². The summed E-state index contributed by atoms with van der Waals surface area (Å²) in [4.78, 5) is 12.1. The number of benzene rings is 1. The Kier molecular flexibility index (Phi) is 6.07. The number of imidazole rings is 1. The summed E-state index contributed by atoms with van der Waals surface area (Å²) in [6.45, 7) is 6.83. The van der Waals surface area contributed by atoms with Gasteiger partial charge in [0.05, 0.1) is 11.2 Å². The number of aromatic nitrogens is 2. The van der Waals surface area contributed by atoms with E-state index in [0.717, 1.165) is 54.3 Å². The third kappa shape index (κ3) is 4.10. The maximum atomic E-state index is 13.6. The van der Waals surface area contributed by atoms with Gasteiger partial charge in [-0.25, -0.2) is 9.37 Å². The molecule has 6 nitrogen and oxygen atoms in total. The van der Waals surface area contributed by atoms with Gasteiger partial charge in [-0.15, -0.1) is 0 Å². The summed E-state index contributed by atoms with van der Waals surface area (Å²) in [5, 5.41) is 0.382. The summed E-state index contributed by atoms with van der Waals surface area (Å²) in [7, 11) is 2.21. The molecule has 0 bridgehead atoms. The molecule has 0 unspecified atom stereocenters. The molecule has 2 N–H and O–H groups in total. The van der Waals surface area contributed by atoms with Crippen molar-refractivity contribution in [2.24, 2.45) is 5.73 Å². The highest BCUT2D eigenvalue weighted by Crippen LogP contribution is 2.33. The molecular weight excluding hydrogens is 427 g/mol. The summed E-state index contributed by atoms with van der Waals surface area (Å²) >= 11 is 6.38. The second-order valence-corrected chi connectivity index (χ2v) is 9.35. The van der Waals surface area contributed by atoms with E-state index in [2.05, 4.69) is 31.1 Å². The second-order valence-electron chi connectivity index (χ2n) is 8.94. The van der Waals surface area contributed by atoms with Crippen molar-refractivity contribution in [3.8, 4) is 11.1 Å². The van der Waals surface area contributed by atoms with Crippen LogP contribution >= 0.6 is 11.6 Å². The second kappa shape index (κ2) is 8.98. The highest BCUT2D eigenvalue weighted by molar-refractivity contribution is 6.33. The largest absolute Gasteiger partial charge is 0.354 e. The van der Waals surface area contributed by atoms with Gasteiger partial charge in [0.25, 0.3) is 0 Å². The molecule has 0 amide bonds. The molecule has 0 atom stereocenters. The van der Waals surface area contributed by atoms with Crippen LogP contribution in [0.5, 0.6) is 0 Å². The lowest BCUT2D eigenvalue weighted by Crippen LogP contribution is -2.53. The summed E-state index contributed by atoms with van der Waals surface area (Å²) in [5.74, 6) is 0.728. The van der Waals surface area contributed by atoms with Crippen LogP contribution in [0.4, 0.5) is 10.2 Å². The van der Waals surface area contributed by atoms with E-state index in [9.17, 15) is 4.39 Å². The fourth-order valence-electron chi connectivity index (χ4n) is 5.08. The molecule has 0 saturated carbocycles. The molecule has 2 aliphatic heterocycles. The molecule has 5 rings (SSSR count). The number of nitrogens with zero attached hydrogens (tertiary/aromatic N) is 5. The maximum Gasteiger partial charge on any atom is 0.138 e. The van der Waals surface area contributed by atoms with Crippen molar-refractivity contribution in [1.82, 2.24) is 19.2 Å². The van der Waals surface area contributed by atoms with Crippen LogP contribution in [0.3, 0.4) is 0 Å². The van der Waals surface area contributed by atoms with Crippen molar-refractivity contribution in [2.75, 3.05) is 51.2 Å². The van der Waals surface area contributed by atoms with Gasteiger partial charge in [0.2, 0.25) is 0 Å². The molecular formula is C24H30ClFN6. The minimum atomic E-state index is -0.347. The Morgan fingerprint density at radius 2 is 1.81 bits per heavy atom. The molecule has 32 heavy (non-hydrogen) atoms. The van der Waals surface area contributed by atoms with Gasteiger partial charge in [0.15, 0.2) is 0 Å². The number of fused-ring (bicyclic) bond motifs is 1. The van der Waals surface area contributed by atoms with E-state index in [1.54, 1.807) is 6.07 Å². The minimum Gasteiger partial charge on any atom is -0.354 e. The molecule has 8 heteroatoms. The van der Waals surface area contributed by atoms with E-state index < -0.39 is 0 Å². The highest BCUT2D eigenvalue weighted by atomic mass is 35.5. The van der Waals surface area contributed by atoms with Gasteiger partial charge >= 0.3 is 0 Å². The van der Waals surface area contributed by atoms with Gasteiger partial charge in [-0.1, -0.05) is 11.6 Å². The van der Waals surface area contributed by atoms with Gasteiger partial charge in [-0.2, -0.15) is 0 Å². The Labute approximate surface area is 193 Å². The average molecular weight is 457 g/mol. The Morgan fingerprint density at radius 3 is 2.50 bits per heavy atom. The number of hydrogen-bond acceptors (Lipinski definition) is 5. The monoisotopic (exact) mass is 456 g/mol. The van der Waals surface area contributed by atoms with Crippen molar-refractivity contribution in [1.29, 1.82) is 0 Å². The fourth-order valence-corrected chi connectivity index (χ4v) is 5.35. The van der Waals surface area contributed by atoms with Crippen molar-refractivity contribution in [3.05, 3.63) is 53.1 Å². The number of likely N-dealkylation sites (tertiary alicyclic amines) is 1. The number of anilines is 1. The molecule has 1 aromatic carbocycles. The zero-order valence-electron chi connectivity index (χ0n) is 18.5. The molecule has 0 aliphatic carbocycles. The van der Waals surface area contributed by atoms with Crippen LogP contribution in [0.15, 0.2) is 36.7 Å². The summed E-state index contributed by atoms with van der Waals surface area (Å²) in [6.07, 6.45) is 6.50. The molecule has 0 spiro atoms. The highest BCUT2D eigenvalue weighted by Gasteiger charge is 2.27. The lowest BCUT2D eigenvalue weighted by Gasteiger charge is -2.42. The third-order valence-corrected chi connectivity index (χ3v) is 7.31. The van der Waals surface area contributed by atoms with E-state index in [-0.39, 0.29) is 5.82 Å². The number of nitrogens with two attached hydrogens (primary N) is 1. The summed E-state index contributed by atoms with van der Waals surface area (Å²) in [6, 6.07) is 7.21. The van der Waals surface area contributed by atoms with Crippen molar-refractivity contribution < 1.29 is 4.39 Å². The number of rotatable bonds is 4. The fraction of sp³-hybridized carbons (Fsp3) is 0.458. The van der Waals surface area contributed by atoms with Crippen molar-refractivity contribution in [3.63, 3.8) is 0 Å². The lowest BCUT2D eigenvalue weighted by molar-refractivity contribution is 0.115. The third-order valence-electron chi connectivity index (χ3n) is 7.00. The zero-order valence-corrected chi connectivity index (χ0v) is 19.2. The molecule has 2 aromatic heterocycles. The predicted octanol–water partition coefficient (Wildman–Crippen LogP) is 3.47. The van der Waals surface area contributed by atoms with Gasteiger partial charge in [-0.3, -0.25) is 9.30 Å². The predicted molar refractivity (Wildman–Crippen MR) is 128 cm³/mol. The Bertz CT molecular complexity index is 1100. The number of piperazine rings is 1. The summed E-state index contributed by atoms with van der Waals surface area (Å²) in [5.41, 5.74) is 9.52. The molecule has 0 radical (unpaired) electrons. The first-order chi connectivity index (χ1) is 15.5. The Balaban J connectivity index is 1.41. The minimum absolute atomic E-state index is 0.347. The van der Waals surface area contributed by atoms with Crippen LogP contribution in [0, 0.1) is 5.82 Å². The van der Waals surface area contributed by atoms with Gasteiger partial charge in [0.1, 0.15) is 17.3 Å². The standard InChI is InChI=1S/C24H30ClFN6/c1-29-6-4-19(5-7-29)30-8-10-31(11-9-30)24-15-28-23-12-17(14-27)21(16-32(23)24)20-3-2-18(26)13-22(20)25/h2-3,12-13,15-16,19H,4-11,14,27H2,1H3. The first-order valence-corrected chi connectivity index (χ1v) is 11.7. The topological polar surface area (TPSA) is 53.0 Å². The van der Waals surface area contributed by atoms with Gasteiger partial charge in [-0.05, 0) is 62.8 Å². The normalized spacial score (nSPS) is 19.2. The van der Waals surface area contributed by atoms with Crippen LogP contribution < -0.4 is 10.6 Å². The van der Waals surface area contributed by atoms with Crippen molar-refractivity contribution in [2.45, 2.75) is 25.4 Å². The van der Waals surface area contributed by atoms with Crippen molar-refractivity contribution >= 4 is 23.1 Å². The first kappa shape index (κ1) is 21.6. The SMILES string of the molecule is CN1CCC(N2CCN(c3cnc4cc(CN)c(-c5ccc(F)cc5Cl)cn34)CC2)CC1. The molecule has 2 saturated heterocycles. The number of hydrogen-bond donors (Lipinski definition) is 1. The van der Waals surface area contributed by atoms with Crippen LogP contribution in [0.1, 0.15) is 18.4 Å². The van der Waals surface area contributed by atoms with Crippen LogP contribution in [0.2, 0.25) is 5.02 Å². The smallest absolute Gasteiger partial charge is 0.138 e. The molecule has 2 fully saturated rings. The average Bonchev–Trinajstić information content (AvgIpc) is 3.22. The van der Waals surface area contributed by atoms with E-state index in [1.807, 2.05) is 18.5 Å². The maximum absolute atomic E-state index is 13.6. The van der Waals surface area contributed by atoms with Crippen LogP contribution in [0.25, 0.3) is 16.8 Å². The quantitative estimate of drug-likeness (QED) is 0.651. The lowest BCUT2D eigenvalue weighted by atomic mass is 10.0. The molecule has 4 heterocycles. The molecule has 170 valence electrons. The van der Waals surface area contributed by atoms with Gasteiger partial charge in [0, 0.05) is 56.1 Å². The first-order valence-electron chi connectivity index (χ1n) is 11.4. The Morgan fingerprint density at radius 1 is 1.06 bits per heavy atom. The summed E-state index contributed by atoms with van der Waals surface area (Å²) < 4.78 is 15.7. The zero-order chi connectivity index (χ0) is 22.2. The van der Waals surface area contributed by atoms with E-state index in [0.29, 0.717) is 17.6 Å². The van der Waals surface area contributed by atoms with E-state index >= 15 is 0 Å². The molecule has 3 aromatic rings. The number of halogens is 2. The Hall–Kier alpha value is -2.19. The number of piperidine rings is 1.